The van der Waals surface area contributed by atoms with Gasteiger partial charge in [0, 0.05) is 34.4 Å². The Morgan fingerprint density at radius 2 is 1.87 bits per heavy atom. The van der Waals surface area contributed by atoms with Crippen LogP contribution in [-0.2, 0) is 0 Å². The molecular formula is C28H31FN6O3. The third-order valence-corrected chi connectivity index (χ3v) is 8.47. The van der Waals surface area contributed by atoms with Crippen LogP contribution in [0.5, 0.6) is 17.4 Å². The molecule has 5 heterocycles. The molecule has 0 radical (unpaired) electrons. The Balaban J connectivity index is 1.15. The first-order valence-electron chi connectivity index (χ1n) is 13.3. The lowest BCUT2D eigenvalue weighted by atomic mass is 9.82. The number of hydrogen-bond donors (Lipinski definition) is 2. The van der Waals surface area contributed by atoms with Crippen LogP contribution < -0.4 is 19.7 Å². The predicted molar refractivity (Wildman–Crippen MR) is 139 cm³/mol. The average molecular weight is 519 g/mol. The van der Waals surface area contributed by atoms with Crippen LogP contribution in [0, 0.1) is 0 Å². The van der Waals surface area contributed by atoms with E-state index in [0.29, 0.717) is 48.5 Å². The van der Waals surface area contributed by atoms with Crippen molar-refractivity contribution in [2.45, 2.75) is 75.3 Å². The number of nitrogens with one attached hydrogen (secondary N) is 1. The lowest BCUT2D eigenvalue weighted by Gasteiger charge is -2.48. The molecule has 2 bridgehead atoms. The predicted octanol–water partition coefficient (Wildman–Crippen LogP) is 4.06. The minimum atomic E-state index is -1.02. The van der Waals surface area contributed by atoms with Crippen LogP contribution in [0.15, 0.2) is 36.7 Å². The fourth-order valence-corrected chi connectivity index (χ4v) is 6.40. The summed E-state index contributed by atoms with van der Waals surface area (Å²) in [7, 11) is 0. The van der Waals surface area contributed by atoms with Gasteiger partial charge in [-0.1, -0.05) is 6.07 Å². The zero-order valence-corrected chi connectivity index (χ0v) is 21.5. The normalized spacial score (nSPS) is 29.8. The molecule has 4 aliphatic rings. The Morgan fingerprint density at radius 1 is 1.03 bits per heavy atom. The van der Waals surface area contributed by atoms with Gasteiger partial charge in [-0.25, -0.2) is 14.4 Å². The van der Waals surface area contributed by atoms with Gasteiger partial charge in [0.05, 0.1) is 12.2 Å². The van der Waals surface area contributed by atoms with Crippen LogP contribution in [0.4, 0.5) is 10.3 Å². The quantitative estimate of drug-likeness (QED) is 0.517. The molecule has 198 valence electrons. The molecule has 1 aromatic carbocycles. The van der Waals surface area contributed by atoms with Crippen molar-refractivity contribution in [3.8, 4) is 39.8 Å². The number of hydrogen-bond acceptors (Lipinski definition) is 9. The molecule has 9 nitrogen and oxygen atoms in total. The third kappa shape index (κ3) is 3.93. The molecule has 0 unspecified atom stereocenters. The summed E-state index contributed by atoms with van der Waals surface area (Å²) in [5, 5.41) is 23.2. The van der Waals surface area contributed by atoms with Crippen molar-refractivity contribution in [1.82, 2.24) is 25.5 Å². The zero-order chi connectivity index (χ0) is 26.1. The van der Waals surface area contributed by atoms with Gasteiger partial charge in [0.2, 0.25) is 5.95 Å². The van der Waals surface area contributed by atoms with Crippen molar-refractivity contribution in [2.24, 2.45) is 0 Å². The highest BCUT2D eigenvalue weighted by Gasteiger charge is 2.58. The van der Waals surface area contributed by atoms with E-state index in [1.165, 1.54) is 0 Å². The van der Waals surface area contributed by atoms with Gasteiger partial charge in [0.1, 0.15) is 30.8 Å². The van der Waals surface area contributed by atoms with E-state index in [2.05, 4.69) is 37.3 Å². The number of anilines is 1. The summed E-state index contributed by atoms with van der Waals surface area (Å²) >= 11 is 0. The van der Waals surface area contributed by atoms with E-state index in [4.69, 9.17) is 9.47 Å². The fraction of sp³-hybridized carbons (Fsp3) is 0.500. The summed E-state index contributed by atoms with van der Waals surface area (Å²) in [6.07, 6.45) is 6.81. The molecule has 38 heavy (non-hydrogen) atoms. The van der Waals surface area contributed by atoms with Gasteiger partial charge < -0.3 is 24.8 Å². The maximum absolute atomic E-state index is 15.9. The number of fused-ring (bicyclic) bond motifs is 3. The van der Waals surface area contributed by atoms with E-state index >= 15 is 4.39 Å². The molecule has 0 spiro atoms. The molecule has 4 atom stereocenters. The van der Waals surface area contributed by atoms with Crippen molar-refractivity contribution >= 4 is 5.95 Å². The van der Waals surface area contributed by atoms with Gasteiger partial charge in [-0.05, 0) is 69.7 Å². The summed E-state index contributed by atoms with van der Waals surface area (Å²) < 4.78 is 27.0. The monoisotopic (exact) mass is 518 g/mol. The molecule has 2 saturated heterocycles. The van der Waals surface area contributed by atoms with Crippen LogP contribution in [0.2, 0.25) is 0 Å². The number of benzene rings is 1. The fourth-order valence-electron chi connectivity index (χ4n) is 6.40. The number of aromatic nitrogens is 4. The second-order valence-electron chi connectivity index (χ2n) is 11.5. The van der Waals surface area contributed by atoms with Gasteiger partial charge in [-0.15, -0.1) is 10.2 Å². The van der Waals surface area contributed by atoms with E-state index in [9.17, 15) is 5.11 Å². The first-order chi connectivity index (χ1) is 18.3. The number of rotatable bonds is 5. The highest BCUT2D eigenvalue weighted by molar-refractivity contribution is 5.74. The van der Waals surface area contributed by atoms with Gasteiger partial charge in [0.25, 0.3) is 5.88 Å². The van der Waals surface area contributed by atoms with E-state index < -0.39 is 11.7 Å². The number of ether oxygens (including phenoxy) is 2. The maximum atomic E-state index is 15.9. The number of halogens is 1. The van der Waals surface area contributed by atoms with E-state index in [0.717, 1.165) is 36.8 Å². The molecule has 1 saturated carbocycles. The van der Waals surface area contributed by atoms with Crippen LogP contribution in [-0.4, -0.2) is 67.8 Å². The Kier molecular flexibility index (Phi) is 5.27. The molecule has 2 N–H and O–H groups in total. The van der Waals surface area contributed by atoms with Gasteiger partial charge in [-0.2, -0.15) is 0 Å². The van der Waals surface area contributed by atoms with Crippen LogP contribution in [0.1, 0.15) is 46.0 Å². The number of piperidine rings is 1. The molecule has 3 fully saturated rings. The van der Waals surface area contributed by atoms with Crippen LogP contribution in [0.25, 0.3) is 22.4 Å². The van der Waals surface area contributed by atoms with E-state index in [-0.39, 0.29) is 23.4 Å². The largest absolute Gasteiger partial charge is 0.507 e. The average Bonchev–Trinajstić information content (AvgIpc) is 3.72. The Labute approximate surface area is 220 Å². The second-order valence-corrected chi connectivity index (χ2v) is 11.5. The van der Waals surface area contributed by atoms with Crippen molar-refractivity contribution in [1.29, 1.82) is 0 Å². The molecule has 1 aliphatic carbocycles. The van der Waals surface area contributed by atoms with Crippen molar-refractivity contribution in [2.75, 3.05) is 18.1 Å². The molecule has 0 amide bonds. The second kappa shape index (κ2) is 8.49. The molecule has 7 rings (SSSR count). The molecular weight excluding hydrogens is 487 g/mol. The Bertz CT molecular complexity index is 1390. The van der Waals surface area contributed by atoms with E-state index in [1.807, 2.05) is 19.1 Å². The highest BCUT2D eigenvalue weighted by atomic mass is 19.1. The topological polar surface area (TPSA) is 106 Å². The zero-order valence-electron chi connectivity index (χ0n) is 21.5. The standard InChI is InChI=1S/C28H31FN6O3/c1-27-7-8-28(2,34-27)24(29)21(13-27)35(18-4-5-18)26-31-15-20(32-33-26)19-6-3-16(11-22(19)36)17-12-23-25(30-14-17)38-10-9-37-23/h3,6,11-12,14-15,18,21,24,34,36H,4-5,7-10,13H2,1-2H3/t21-,24-,27-,28+/m1/s1. The minimum Gasteiger partial charge on any atom is -0.507 e. The number of alkyl halides is 1. The molecule has 2 aromatic heterocycles. The minimum absolute atomic E-state index is 0.0555. The lowest BCUT2D eigenvalue weighted by Crippen LogP contribution is -2.66. The molecule has 3 aromatic rings. The summed E-state index contributed by atoms with van der Waals surface area (Å²) in [4.78, 5) is 11.0. The highest BCUT2D eigenvalue weighted by Crippen LogP contribution is 2.47. The third-order valence-electron chi connectivity index (χ3n) is 8.47. The maximum Gasteiger partial charge on any atom is 0.257 e. The van der Waals surface area contributed by atoms with Crippen molar-refractivity contribution < 1.29 is 19.0 Å². The smallest absolute Gasteiger partial charge is 0.257 e. The summed E-state index contributed by atoms with van der Waals surface area (Å²) in [5.41, 5.74) is 1.95. The number of phenols is 1. The SMILES string of the molecule is C[C@]12CC[C@](C)(N1)[C@H](F)[C@H](N(c1ncc(-c3ccc(-c4cnc5c(c4)OCCO5)cc3O)nn1)C1CC1)C2. The van der Waals surface area contributed by atoms with E-state index in [1.54, 1.807) is 24.5 Å². The number of pyridine rings is 1. The molecule has 10 heteroatoms. The number of nitrogens with zero attached hydrogens (tertiary/aromatic N) is 5. The van der Waals surface area contributed by atoms with Crippen molar-refractivity contribution in [3.63, 3.8) is 0 Å². The van der Waals surface area contributed by atoms with Crippen molar-refractivity contribution in [3.05, 3.63) is 36.7 Å². The summed E-state index contributed by atoms with van der Waals surface area (Å²) in [5.74, 6) is 1.57. The number of aromatic hydroxyl groups is 1. The number of phenolic OH excluding ortho intramolecular Hbond substituents is 1. The first-order valence-corrected chi connectivity index (χ1v) is 13.3. The van der Waals surface area contributed by atoms with Gasteiger partial charge >= 0.3 is 0 Å². The summed E-state index contributed by atoms with van der Waals surface area (Å²) in [6, 6.07) is 7.13. The van der Waals surface area contributed by atoms with Crippen LogP contribution in [0.3, 0.4) is 0 Å². The first kappa shape index (κ1) is 23.6. The summed E-state index contributed by atoms with van der Waals surface area (Å²) in [6.45, 7) is 5.14. The van der Waals surface area contributed by atoms with Gasteiger partial charge in [0.15, 0.2) is 5.75 Å². The van der Waals surface area contributed by atoms with Gasteiger partial charge in [-0.3, -0.25) is 0 Å². The van der Waals surface area contributed by atoms with Crippen LogP contribution >= 0.6 is 0 Å². The molecule has 3 aliphatic heterocycles. The lowest BCUT2D eigenvalue weighted by molar-refractivity contribution is 0.0828. The Hall–Kier alpha value is -3.53. The Morgan fingerprint density at radius 3 is 2.63 bits per heavy atom.